The third-order valence-electron chi connectivity index (χ3n) is 2.43. The number of aryl methyl sites for hydroxylation is 1. The molecular formula is C13H15IN2OS. The summed E-state index contributed by atoms with van der Waals surface area (Å²) in [7, 11) is 1.89. The lowest BCUT2D eigenvalue weighted by Crippen LogP contribution is -2.01. The van der Waals surface area contributed by atoms with Crippen molar-refractivity contribution in [1.82, 2.24) is 9.78 Å². The summed E-state index contributed by atoms with van der Waals surface area (Å²) in [6.07, 6.45) is 1.88. The van der Waals surface area contributed by atoms with Gasteiger partial charge in [-0.2, -0.15) is 0 Å². The minimum atomic E-state index is 0.568. The van der Waals surface area contributed by atoms with Crippen LogP contribution in [0.5, 0.6) is 5.88 Å². The molecule has 0 bridgehead atoms. The minimum absolute atomic E-state index is 0.568. The lowest BCUT2D eigenvalue weighted by molar-refractivity contribution is 0.287. The van der Waals surface area contributed by atoms with Crippen molar-refractivity contribution in [3.63, 3.8) is 0 Å². The van der Waals surface area contributed by atoms with Crippen LogP contribution >= 0.6 is 34.4 Å². The van der Waals surface area contributed by atoms with E-state index in [1.54, 1.807) is 4.68 Å². The van der Waals surface area contributed by atoms with Crippen molar-refractivity contribution in [2.45, 2.75) is 18.4 Å². The number of ether oxygens (including phenoxy) is 1. The highest BCUT2D eigenvalue weighted by Crippen LogP contribution is 2.27. The molecule has 0 aliphatic carbocycles. The predicted octanol–water partition coefficient (Wildman–Crippen LogP) is 3.72. The Kier molecular flexibility index (Phi) is 4.94. The highest BCUT2D eigenvalue weighted by atomic mass is 127. The molecule has 18 heavy (non-hydrogen) atoms. The zero-order valence-electron chi connectivity index (χ0n) is 10.4. The van der Waals surface area contributed by atoms with Crippen molar-refractivity contribution in [1.29, 1.82) is 0 Å². The Morgan fingerprint density at radius 3 is 2.89 bits per heavy atom. The van der Waals surface area contributed by atoms with E-state index in [2.05, 4.69) is 52.8 Å². The maximum absolute atomic E-state index is 5.73. The van der Waals surface area contributed by atoms with Gasteiger partial charge in [-0.25, -0.2) is 0 Å². The minimum Gasteiger partial charge on any atom is -0.472 e. The summed E-state index contributed by atoms with van der Waals surface area (Å²) in [5, 5.41) is 4.22. The SMILES string of the molecule is CCSc1cccc(I)c1COc1ccn(C)n1. The van der Waals surface area contributed by atoms with Crippen molar-refractivity contribution >= 4 is 34.4 Å². The Morgan fingerprint density at radius 2 is 2.22 bits per heavy atom. The maximum atomic E-state index is 5.73. The van der Waals surface area contributed by atoms with Gasteiger partial charge in [-0.3, -0.25) is 4.68 Å². The molecule has 0 atom stereocenters. The van der Waals surface area contributed by atoms with Crippen molar-refractivity contribution in [3.8, 4) is 5.88 Å². The summed E-state index contributed by atoms with van der Waals surface area (Å²) in [6, 6.07) is 8.22. The largest absolute Gasteiger partial charge is 0.472 e. The van der Waals surface area contributed by atoms with Crippen molar-refractivity contribution in [2.75, 3.05) is 5.75 Å². The van der Waals surface area contributed by atoms with Crippen LogP contribution in [0, 0.1) is 3.57 Å². The van der Waals surface area contributed by atoms with Crippen LogP contribution in [0.2, 0.25) is 0 Å². The molecule has 0 N–H and O–H groups in total. The molecule has 0 amide bonds. The van der Waals surface area contributed by atoms with Gasteiger partial charge in [0.05, 0.1) is 0 Å². The molecule has 1 aromatic carbocycles. The Hall–Kier alpha value is -0.690. The van der Waals surface area contributed by atoms with Gasteiger partial charge in [-0.1, -0.05) is 13.0 Å². The first kappa shape index (κ1) is 13.7. The number of hydrogen-bond donors (Lipinski definition) is 0. The molecule has 0 unspecified atom stereocenters. The normalized spacial score (nSPS) is 10.6. The molecular weight excluding hydrogens is 359 g/mol. The van der Waals surface area contributed by atoms with Crippen LogP contribution in [-0.2, 0) is 13.7 Å². The van der Waals surface area contributed by atoms with Crippen LogP contribution < -0.4 is 4.74 Å². The molecule has 2 rings (SSSR count). The third kappa shape index (κ3) is 3.41. The van der Waals surface area contributed by atoms with Gasteiger partial charge in [0.1, 0.15) is 6.61 Å². The maximum Gasteiger partial charge on any atom is 0.233 e. The summed E-state index contributed by atoms with van der Waals surface area (Å²) < 4.78 is 8.71. The third-order valence-corrected chi connectivity index (χ3v) is 4.42. The average Bonchev–Trinajstić information content (AvgIpc) is 2.75. The highest BCUT2D eigenvalue weighted by Gasteiger charge is 2.08. The van der Waals surface area contributed by atoms with Gasteiger partial charge in [0.25, 0.3) is 0 Å². The predicted molar refractivity (Wildman–Crippen MR) is 83.1 cm³/mol. The van der Waals surface area contributed by atoms with E-state index in [4.69, 9.17) is 4.74 Å². The quantitative estimate of drug-likeness (QED) is 0.590. The molecule has 5 heteroatoms. The fourth-order valence-electron chi connectivity index (χ4n) is 1.59. The number of rotatable bonds is 5. The number of nitrogens with zero attached hydrogens (tertiary/aromatic N) is 2. The fourth-order valence-corrected chi connectivity index (χ4v) is 3.25. The zero-order chi connectivity index (χ0) is 13.0. The molecule has 2 aromatic rings. The molecule has 1 aromatic heterocycles. The van der Waals surface area contributed by atoms with E-state index in [0.717, 1.165) is 5.75 Å². The lowest BCUT2D eigenvalue weighted by atomic mass is 10.2. The second-order valence-corrected chi connectivity index (χ2v) is 6.23. The molecule has 96 valence electrons. The smallest absolute Gasteiger partial charge is 0.233 e. The Labute approximate surface area is 125 Å². The number of hydrogen-bond acceptors (Lipinski definition) is 3. The molecule has 0 saturated heterocycles. The fraction of sp³-hybridized carbons (Fsp3) is 0.308. The Balaban J connectivity index is 2.12. The van der Waals surface area contributed by atoms with Crippen molar-refractivity contribution < 1.29 is 4.74 Å². The molecule has 0 aliphatic heterocycles. The molecule has 0 saturated carbocycles. The van der Waals surface area contributed by atoms with Gasteiger partial charge in [0.2, 0.25) is 5.88 Å². The first-order chi connectivity index (χ1) is 8.70. The van der Waals surface area contributed by atoms with Crippen LogP contribution in [0.15, 0.2) is 35.4 Å². The summed E-state index contributed by atoms with van der Waals surface area (Å²) >= 11 is 4.20. The van der Waals surface area contributed by atoms with Crippen molar-refractivity contribution in [3.05, 3.63) is 39.6 Å². The van der Waals surface area contributed by atoms with Gasteiger partial charge < -0.3 is 4.74 Å². The molecule has 0 fully saturated rings. The van der Waals surface area contributed by atoms with E-state index in [0.29, 0.717) is 12.5 Å². The van der Waals surface area contributed by atoms with E-state index < -0.39 is 0 Å². The summed E-state index contributed by atoms with van der Waals surface area (Å²) in [5.41, 5.74) is 1.25. The lowest BCUT2D eigenvalue weighted by Gasteiger charge is -2.10. The molecule has 0 radical (unpaired) electrons. The van der Waals surface area contributed by atoms with Gasteiger partial charge in [0, 0.05) is 33.3 Å². The highest BCUT2D eigenvalue weighted by molar-refractivity contribution is 14.1. The topological polar surface area (TPSA) is 27.1 Å². The number of thioether (sulfide) groups is 1. The van der Waals surface area contributed by atoms with Gasteiger partial charge >= 0.3 is 0 Å². The molecule has 3 nitrogen and oxygen atoms in total. The molecule has 0 aliphatic rings. The van der Waals surface area contributed by atoms with Crippen LogP contribution in [0.4, 0.5) is 0 Å². The van der Waals surface area contributed by atoms with Crippen LogP contribution in [0.1, 0.15) is 12.5 Å². The summed E-state index contributed by atoms with van der Waals surface area (Å²) in [6.45, 7) is 2.73. The van der Waals surface area contributed by atoms with E-state index in [1.807, 2.05) is 31.1 Å². The van der Waals surface area contributed by atoms with Crippen LogP contribution in [-0.4, -0.2) is 15.5 Å². The van der Waals surface area contributed by atoms with E-state index in [-0.39, 0.29) is 0 Å². The summed E-state index contributed by atoms with van der Waals surface area (Å²) in [4.78, 5) is 1.29. The standard InChI is InChI=1S/C13H15IN2OS/c1-3-18-12-6-4-5-11(14)10(12)9-17-13-7-8-16(2)15-13/h4-8H,3,9H2,1-2H3. The first-order valence-electron chi connectivity index (χ1n) is 5.73. The van der Waals surface area contributed by atoms with Gasteiger partial charge in [-0.05, 0) is 40.5 Å². The van der Waals surface area contributed by atoms with Crippen molar-refractivity contribution in [2.24, 2.45) is 7.05 Å². The second-order valence-electron chi connectivity index (χ2n) is 3.77. The zero-order valence-corrected chi connectivity index (χ0v) is 13.4. The second kappa shape index (κ2) is 6.47. The monoisotopic (exact) mass is 374 g/mol. The van der Waals surface area contributed by atoms with Crippen LogP contribution in [0.3, 0.4) is 0 Å². The Morgan fingerprint density at radius 1 is 1.39 bits per heavy atom. The molecule has 0 spiro atoms. The van der Waals surface area contributed by atoms with E-state index in [1.165, 1.54) is 14.0 Å². The Bertz CT molecular complexity index is 527. The molecule has 1 heterocycles. The van der Waals surface area contributed by atoms with E-state index in [9.17, 15) is 0 Å². The van der Waals surface area contributed by atoms with Gasteiger partial charge in [0.15, 0.2) is 0 Å². The van der Waals surface area contributed by atoms with E-state index >= 15 is 0 Å². The number of benzene rings is 1. The van der Waals surface area contributed by atoms with Gasteiger partial charge in [-0.15, -0.1) is 16.9 Å². The number of halogens is 1. The average molecular weight is 374 g/mol. The van der Waals surface area contributed by atoms with Crippen LogP contribution in [0.25, 0.3) is 0 Å². The number of aromatic nitrogens is 2. The summed E-state index contributed by atoms with van der Waals surface area (Å²) in [5.74, 6) is 1.74. The first-order valence-corrected chi connectivity index (χ1v) is 7.79.